The van der Waals surface area contributed by atoms with Crippen molar-refractivity contribution in [3.8, 4) is 0 Å². The van der Waals surface area contributed by atoms with Gasteiger partial charge in [-0.25, -0.2) is 0 Å². The van der Waals surface area contributed by atoms with Crippen molar-refractivity contribution in [1.29, 1.82) is 0 Å². The van der Waals surface area contributed by atoms with Gasteiger partial charge in [0.2, 0.25) is 0 Å². The SMILES string of the molecule is C=C1CCC[C@@]2(C)C(=O)[C@]3(Br)CC[C@H]2[C@H]13. The number of hydrogen-bond acceptors (Lipinski definition) is 1. The van der Waals surface area contributed by atoms with E-state index in [0.717, 1.165) is 25.7 Å². The average Bonchev–Trinajstić information content (AvgIpc) is 2.55. The van der Waals surface area contributed by atoms with Gasteiger partial charge in [0.25, 0.3) is 0 Å². The van der Waals surface area contributed by atoms with Crippen LogP contribution >= 0.6 is 15.9 Å². The molecule has 3 aliphatic rings. The number of allylic oxidation sites excluding steroid dienone is 1. The Hall–Kier alpha value is -0.110. The zero-order valence-electron chi connectivity index (χ0n) is 9.18. The number of halogens is 1. The quantitative estimate of drug-likeness (QED) is 0.486. The van der Waals surface area contributed by atoms with Gasteiger partial charge in [0.05, 0.1) is 4.32 Å². The Morgan fingerprint density at radius 1 is 1.47 bits per heavy atom. The Morgan fingerprint density at radius 3 is 2.93 bits per heavy atom. The zero-order chi connectivity index (χ0) is 10.8. The van der Waals surface area contributed by atoms with E-state index in [0.29, 0.717) is 17.6 Å². The van der Waals surface area contributed by atoms with Gasteiger partial charge in [-0.3, -0.25) is 4.79 Å². The van der Waals surface area contributed by atoms with Crippen molar-refractivity contribution in [3.05, 3.63) is 12.2 Å². The third-order valence-corrected chi connectivity index (χ3v) is 6.31. The second-order valence-electron chi connectivity index (χ2n) is 5.74. The molecule has 1 nitrogen and oxygen atoms in total. The molecule has 3 fully saturated rings. The summed E-state index contributed by atoms with van der Waals surface area (Å²) in [5.74, 6) is 1.47. The summed E-state index contributed by atoms with van der Waals surface area (Å²) in [6.45, 7) is 6.41. The standard InChI is InChI=1S/C13H17BrO/c1-8-4-3-6-12(2)9-5-7-13(14,10(8)9)11(12)15/h9-10H,1,3-7H2,2H3/t9-,10-,12+,13-/m0/s1. The number of hydrogen-bond donors (Lipinski definition) is 0. The lowest BCUT2D eigenvalue weighted by Gasteiger charge is -2.34. The van der Waals surface area contributed by atoms with Crippen LogP contribution in [0.15, 0.2) is 12.2 Å². The molecule has 0 heterocycles. The van der Waals surface area contributed by atoms with E-state index < -0.39 is 0 Å². The summed E-state index contributed by atoms with van der Waals surface area (Å²) in [6, 6.07) is 0. The predicted octanol–water partition coefficient (Wildman–Crippen LogP) is 3.48. The number of Topliss-reactive ketones (excluding diaryl/α,β-unsaturated/α-hetero) is 1. The number of ketones is 1. The van der Waals surface area contributed by atoms with E-state index in [2.05, 4.69) is 29.4 Å². The minimum Gasteiger partial charge on any atom is -0.297 e. The van der Waals surface area contributed by atoms with Crippen LogP contribution in [-0.2, 0) is 4.79 Å². The highest BCUT2D eigenvalue weighted by Crippen LogP contribution is 2.67. The monoisotopic (exact) mass is 268 g/mol. The largest absolute Gasteiger partial charge is 0.297 e. The lowest BCUT2D eigenvalue weighted by molar-refractivity contribution is -0.130. The molecule has 0 radical (unpaired) electrons. The van der Waals surface area contributed by atoms with Gasteiger partial charge in [0.15, 0.2) is 5.78 Å². The fourth-order valence-corrected chi connectivity index (χ4v) is 5.66. The first-order chi connectivity index (χ1) is 7.00. The van der Waals surface area contributed by atoms with Crippen molar-refractivity contribution in [3.63, 3.8) is 0 Å². The highest BCUT2D eigenvalue weighted by molar-refractivity contribution is 9.10. The molecule has 0 unspecified atom stereocenters. The molecule has 0 spiro atoms. The number of alkyl halides is 1. The smallest absolute Gasteiger partial charge is 0.156 e. The molecular weight excluding hydrogens is 252 g/mol. The molecule has 0 aromatic heterocycles. The lowest BCUT2D eigenvalue weighted by atomic mass is 9.71. The van der Waals surface area contributed by atoms with Crippen molar-refractivity contribution in [1.82, 2.24) is 0 Å². The van der Waals surface area contributed by atoms with Gasteiger partial charge in [0, 0.05) is 11.3 Å². The lowest BCUT2D eigenvalue weighted by Crippen LogP contribution is -2.40. The van der Waals surface area contributed by atoms with Crippen molar-refractivity contribution in [2.24, 2.45) is 17.3 Å². The van der Waals surface area contributed by atoms with Gasteiger partial charge in [-0.1, -0.05) is 35.0 Å². The molecule has 2 heteroatoms. The van der Waals surface area contributed by atoms with Crippen molar-refractivity contribution in [2.45, 2.75) is 43.4 Å². The second kappa shape index (κ2) is 2.77. The third-order valence-electron chi connectivity index (χ3n) is 5.06. The summed E-state index contributed by atoms with van der Waals surface area (Å²) in [7, 11) is 0. The maximum Gasteiger partial charge on any atom is 0.156 e. The van der Waals surface area contributed by atoms with E-state index in [4.69, 9.17) is 0 Å². The van der Waals surface area contributed by atoms with Crippen LogP contribution in [0, 0.1) is 17.3 Å². The van der Waals surface area contributed by atoms with E-state index in [9.17, 15) is 4.79 Å². The maximum absolute atomic E-state index is 12.5. The molecule has 0 saturated heterocycles. The Kier molecular flexibility index (Phi) is 1.86. The second-order valence-corrected chi connectivity index (χ2v) is 7.16. The van der Waals surface area contributed by atoms with Crippen LogP contribution in [0.1, 0.15) is 39.0 Å². The third kappa shape index (κ3) is 0.974. The molecule has 0 aromatic carbocycles. The van der Waals surface area contributed by atoms with Gasteiger partial charge in [0.1, 0.15) is 0 Å². The number of carbonyl (C=O) groups is 1. The van der Waals surface area contributed by atoms with Gasteiger partial charge >= 0.3 is 0 Å². The molecular formula is C13H17BrO. The van der Waals surface area contributed by atoms with Crippen molar-refractivity contribution >= 4 is 21.7 Å². The Bertz CT molecular complexity index is 362. The zero-order valence-corrected chi connectivity index (χ0v) is 10.8. The summed E-state index contributed by atoms with van der Waals surface area (Å²) in [5, 5.41) is 0. The van der Waals surface area contributed by atoms with Crippen LogP contribution in [0.4, 0.5) is 0 Å². The van der Waals surface area contributed by atoms with Crippen LogP contribution in [0.25, 0.3) is 0 Å². The molecule has 82 valence electrons. The highest BCUT2D eigenvalue weighted by Gasteiger charge is 2.69. The molecule has 15 heavy (non-hydrogen) atoms. The summed E-state index contributed by atoms with van der Waals surface area (Å²) < 4.78 is -0.232. The minimum absolute atomic E-state index is 0.0497. The molecule has 4 atom stereocenters. The van der Waals surface area contributed by atoms with E-state index in [1.165, 1.54) is 12.0 Å². The first-order valence-electron chi connectivity index (χ1n) is 5.91. The molecule has 0 aromatic rings. The molecule has 3 rings (SSSR count). The first-order valence-corrected chi connectivity index (χ1v) is 6.71. The van der Waals surface area contributed by atoms with Gasteiger partial charge in [-0.05, 0) is 38.0 Å². The highest BCUT2D eigenvalue weighted by atomic mass is 79.9. The Morgan fingerprint density at radius 2 is 2.20 bits per heavy atom. The molecule has 0 N–H and O–H groups in total. The average molecular weight is 269 g/mol. The van der Waals surface area contributed by atoms with Crippen molar-refractivity contribution < 1.29 is 4.79 Å². The summed E-state index contributed by atoms with van der Waals surface area (Å²) in [6.07, 6.45) is 5.57. The number of carbonyl (C=O) groups excluding carboxylic acids is 1. The summed E-state index contributed by atoms with van der Waals surface area (Å²) >= 11 is 3.76. The van der Waals surface area contributed by atoms with Crippen LogP contribution < -0.4 is 0 Å². The van der Waals surface area contributed by atoms with Crippen LogP contribution in [-0.4, -0.2) is 10.1 Å². The first kappa shape index (κ1) is 10.1. The molecule has 0 amide bonds. The molecule has 4 bridgehead atoms. The van der Waals surface area contributed by atoms with Gasteiger partial charge in [-0.15, -0.1) is 0 Å². The van der Waals surface area contributed by atoms with Crippen LogP contribution in [0.3, 0.4) is 0 Å². The van der Waals surface area contributed by atoms with E-state index in [1.54, 1.807) is 0 Å². The van der Waals surface area contributed by atoms with Gasteiger partial charge in [-0.2, -0.15) is 0 Å². The Balaban J connectivity index is 2.17. The van der Waals surface area contributed by atoms with E-state index in [1.807, 2.05) is 0 Å². The maximum atomic E-state index is 12.5. The van der Waals surface area contributed by atoms with Crippen LogP contribution in [0.5, 0.6) is 0 Å². The summed E-state index contributed by atoms with van der Waals surface area (Å²) in [5.41, 5.74) is 1.27. The molecule has 3 saturated carbocycles. The van der Waals surface area contributed by atoms with Crippen molar-refractivity contribution in [2.75, 3.05) is 0 Å². The predicted molar refractivity (Wildman–Crippen MR) is 64.0 cm³/mol. The van der Waals surface area contributed by atoms with E-state index >= 15 is 0 Å². The fraction of sp³-hybridized carbons (Fsp3) is 0.769. The molecule has 3 aliphatic carbocycles. The molecule has 0 aliphatic heterocycles. The minimum atomic E-state index is -0.232. The topological polar surface area (TPSA) is 17.1 Å². The van der Waals surface area contributed by atoms with E-state index in [-0.39, 0.29) is 9.74 Å². The summed E-state index contributed by atoms with van der Waals surface area (Å²) in [4.78, 5) is 12.5. The van der Waals surface area contributed by atoms with Crippen LogP contribution in [0.2, 0.25) is 0 Å². The fourth-order valence-electron chi connectivity index (χ4n) is 4.34. The normalized spacial score (nSPS) is 53.5. The Labute approximate surface area is 99.4 Å². The number of rotatable bonds is 0. The van der Waals surface area contributed by atoms with Gasteiger partial charge < -0.3 is 0 Å².